The van der Waals surface area contributed by atoms with Crippen molar-refractivity contribution < 1.29 is 19.1 Å². The first-order valence-corrected chi connectivity index (χ1v) is 7.26. The van der Waals surface area contributed by atoms with Crippen LogP contribution in [0.25, 0.3) is 0 Å². The number of amides is 2. The van der Waals surface area contributed by atoms with E-state index in [1.54, 1.807) is 24.8 Å². The maximum atomic E-state index is 11.9. The van der Waals surface area contributed by atoms with Crippen LogP contribution >= 0.6 is 0 Å². The minimum atomic E-state index is -1.13. The number of rotatable bonds is 3. The molecule has 0 bridgehead atoms. The van der Waals surface area contributed by atoms with Crippen molar-refractivity contribution in [3.05, 3.63) is 23.7 Å². The molecule has 6 heteroatoms. The molecule has 2 amide bonds. The van der Waals surface area contributed by atoms with E-state index < -0.39 is 11.5 Å². The maximum Gasteiger partial charge on any atom is 0.287 e. The third-order valence-electron chi connectivity index (χ3n) is 3.18. The molecule has 0 saturated carbocycles. The molecular formula is C16H20N2O4. The zero-order valence-electron chi connectivity index (χ0n) is 12.8. The molecule has 1 saturated heterocycles. The van der Waals surface area contributed by atoms with Gasteiger partial charge in [0.15, 0.2) is 11.5 Å². The summed E-state index contributed by atoms with van der Waals surface area (Å²) in [5, 5.41) is 12.0. The van der Waals surface area contributed by atoms with Crippen molar-refractivity contribution in [3.63, 3.8) is 0 Å². The minimum absolute atomic E-state index is 0.0375. The molecule has 2 rings (SSSR count). The van der Waals surface area contributed by atoms with E-state index in [0.717, 1.165) is 25.9 Å². The Bertz CT molecular complexity index is 610. The summed E-state index contributed by atoms with van der Waals surface area (Å²) in [5.74, 6) is 5.09. The van der Waals surface area contributed by atoms with Crippen LogP contribution in [0.3, 0.4) is 0 Å². The number of nitrogens with zero attached hydrogens (tertiary/aromatic N) is 1. The third kappa shape index (κ3) is 4.64. The van der Waals surface area contributed by atoms with Gasteiger partial charge in [0, 0.05) is 13.1 Å². The molecule has 22 heavy (non-hydrogen) atoms. The highest BCUT2D eigenvalue weighted by Gasteiger charge is 2.19. The zero-order chi connectivity index (χ0) is 16.2. The number of hydrogen-bond acceptors (Lipinski definition) is 4. The van der Waals surface area contributed by atoms with Crippen LogP contribution < -0.4 is 5.32 Å². The Morgan fingerprint density at radius 3 is 2.68 bits per heavy atom. The van der Waals surface area contributed by atoms with Crippen molar-refractivity contribution in [1.29, 1.82) is 0 Å². The van der Waals surface area contributed by atoms with Gasteiger partial charge in [-0.05, 0) is 44.7 Å². The molecule has 0 radical (unpaired) electrons. The van der Waals surface area contributed by atoms with E-state index in [1.807, 2.05) is 0 Å². The Morgan fingerprint density at radius 2 is 2.05 bits per heavy atom. The molecule has 0 aromatic carbocycles. The van der Waals surface area contributed by atoms with Gasteiger partial charge in [0.05, 0.1) is 6.54 Å². The van der Waals surface area contributed by atoms with Crippen LogP contribution in [0.5, 0.6) is 0 Å². The highest BCUT2D eigenvalue weighted by molar-refractivity contribution is 5.94. The first-order valence-electron chi connectivity index (χ1n) is 7.26. The number of carbonyl (C=O) groups excluding carboxylic acids is 2. The van der Waals surface area contributed by atoms with Gasteiger partial charge in [-0.25, -0.2) is 0 Å². The van der Waals surface area contributed by atoms with Crippen LogP contribution in [0, 0.1) is 11.8 Å². The zero-order valence-corrected chi connectivity index (χ0v) is 12.8. The van der Waals surface area contributed by atoms with Crippen molar-refractivity contribution in [3.8, 4) is 11.8 Å². The minimum Gasteiger partial charge on any atom is -0.443 e. The van der Waals surface area contributed by atoms with Crippen molar-refractivity contribution in [2.75, 3.05) is 19.6 Å². The predicted molar refractivity (Wildman–Crippen MR) is 80.0 cm³/mol. The van der Waals surface area contributed by atoms with Gasteiger partial charge >= 0.3 is 0 Å². The molecule has 0 atom stereocenters. The molecule has 1 aliphatic heterocycles. The van der Waals surface area contributed by atoms with E-state index in [1.165, 1.54) is 6.07 Å². The molecule has 118 valence electrons. The average molecular weight is 304 g/mol. The van der Waals surface area contributed by atoms with E-state index in [-0.39, 0.29) is 24.0 Å². The lowest BCUT2D eigenvalue weighted by Gasteiger charge is -2.14. The van der Waals surface area contributed by atoms with Crippen molar-refractivity contribution in [1.82, 2.24) is 10.2 Å². The summed E-state index contributed by atoms with van der Waals surface area (Å²) in [6, 6.07) is 3.04. The molecule has 1 aliphatic rings. The van der Waals surface area contributed by atoms with E-state index in [4.69, 9.17) is 4.42 Å². The second-order valence-electron chi connectivity index (χ2n) is 5.74. The van der Waals surface area contributed by atoms with Gasteiger partial charge in [0.2, 0.25) is 5.91 Å². The predicted octanol–water partition coefficient (Wildman–Crippen LogP) is 0.754. The molecule has 0 aliphatic carbocycles. The molecule has 1 aromatic heterocycles. The second-order valence-corrected chi connectivity index (χ2v) is 5.74. The molecule has 0 spiro atoms. The first-order chi connectivity index (χ1) is 10.3. The molecule has 0 unspecified atom stereocenters. The number of carbonyl (C=O) groups is 2. The Morgan fingerprint density at radius 1 is 1.36 bits per heavy atom. The molecule has 2 heterocycles. The lowest BCUT2D eigenvalue weighted by atomic mass is 10.1. The maximum absolute atomic E-state index is 11.9. The summed E-state index contributed by atoms with van der Waals surface area (Å²) in [5.41, 5.74) is -1.13. The summed E-state index contributed by atoms with van der Waals surface area (Å²) in [4.78, 5) is 25.5. The van der Waals surface area contributed by atoms with Crippen LogP contribution in [-0.2, 0) is 4.79 Å². The lowest BCUT2D eigenvalue weighted by molar-refractivity contribution is -0.129. The topological polar surface area (TPSA) is 82.8 Å². The summed E-state index contributed by atoms with van der Waals surface area (Å²) in [7, 11) is 0. The van der Waals surface area contributed by atoms with E-state index in [9.17, 15) is 14.7 Å². The number of likely N-dealkylation sites (tertiary alicyclic amines) is 1. The van der Waals surface area contributed by atoms with Crippen LogP contribution in [0.1, 0.15) is 43.0 Å². The Hall–Kier alpha value is -2.26. The molecule has 6 nitrogen and oxygen atoms in total. The second kappa shape index (κ2) is 6.67. The quantitative estimate of drug-likeness (QED) is 0.808. The Kier molecular flexibility index (Phi) is 4.88. The van der Waals surface area contributed by atoms with Gasteiger partial charge in [-0.15, -0.1) is 0 Å². The lowest BCUT2D eigenvalue weighted by Crippen LogP contribution is -2.38. The smallest absolute Gasteiger partial charge is 0.287 e. The standard InChI is InChI=1S/C16H20N2O4/c1-16(2,21)8-7-12-5-6-13(22-12)15(20)17-11-14(19)18-9-3-4-10-18/h5-6,21H,3-4,9-11H2,1-2H3,(H,17,20). The fourth-order valence-corrected chi connectivity index (χ4v) is 2.06. The first kappa shape index (κ1) is 16.1. The summed E-state index contributed by atoms with van der Waals surface area (Å²) < 4.78 is 5.28. The Labute approximate surface area is 129 Å². The summed E-state index contributed by atoms with van der Waals surface area (Å²) in [6.45, 7) is 4.59. The number of hydrogen-bond donors (Lipinski definition) is 2. The van der Waals surface area contributed by atoms with Gasteiger partial charge in [0.25, 0.3) is 5.91 Å². The van der Waals surface area contributed by atoms with Crippen LogP contribution in [-0.4, -0.2) is 47.1 Å². The van der Waals surface area contributed by atoms with Crippen molar-refractivity contribution >= 4 is 11.8 Å². The SMILES string of the molecule is CC(C)(O)C#Cc1ccc(C(=O)NCC(=O)N2CCCC2)o1. The normalized spacial score (nSPS) is 14.4. The average Bonchev–Trinajstić information content (AvgIpc) is 3.12. The van der Waals surface area contributed by atoms with E-state index in [0.29, 0.717) is 0 Å². The third-order valence-corrected chi connectivity index (χ3v) is 3.18. The summed E-state index contributed by atoms with van der Waals surface area (Å²) >= 11 is 0. The molecule has 1 fully saturated rings. The highest BCUT2D eigenvalue weighted by atomic mass is 16.3. The van der Waals surface area contributed by atoms with Gasteiger partial charge in [-0.1, -0.05) is 5.92 Å². The molecule has 2 N–H and O–H groups in total. The molecule has 1 aromatic rings. The Balaban J connectivity index is 1.88. The number of aliphatic hydroxyl groups is 1. The number of nitrogens with one attached hydrogen (secondary N) is 1. The number of furan rings is 1. The van der Waals surface area contributed by atoms with Gasteiger partial charge in [-0.2, -0.15) is 0 Å². The fraction of sp³-hybridized carbons (Fsp3) is 0.500. The van der Waals surface area contributed by atoms with Gasteiger partial charge in [0.1, 0.15) is 5.60 Å². The highest BCUT2D eigenvalue weighted by Crippen LogP contribution is 2.09. The molecular weight excluding hydrogens is 284 g/mol. The van der Waals surface area contributed by atoms with Crippen molar-refractivity contribution in [2.45, 2.75) is 32.3 Å². The van der Waals surface area contributed by atoms with Crippen LogP contribution in [0.2, 0.25) is 0 Å². The monoisotopic (exact) mass is 304 g/mol. The van der Waals surface area contributed by atoms with Crippen molar-refractivity contribution in [2.24, 2.45) is 0 Å². The van der Waals surface area contributed by atoms with E-state index in [2.05, 4.69) is 17.2 Å². The van der Waals surface area contributed by atoms with Crippen LogP contribution in [0.4, 0.5) is 0 Å². The summed E-state index contributed by atoms with van der Waals surface area (Å²) in [6.07, 6.45) is 2.03. The van der Waals surface area contributed by atoms with Gasteiger partial charge < -0.3 is 19.7 Å². The van der Waals surface area contributed by atoms with Gasteiger partial charge in [-0.3, -0.25) is 9.59 Å². The fourth-order valence-electron chi connectivity index (χ4n) is 2.06. The van der Waals surface area contributed by atoms with Crippen LogP contribution in [0.15, 0.2) is 16.5 Å². The largest absolute Gasteiger partial charge is 0.443 e. The van der Waals surface area contributed by atoms with E-state index >= 15 is 0 Å².